The third kappa shape index (κ3) is 4.45. The van der Waals surface area contributed by atoms with E-state index in [0.717, 1.165) is 30.5 Å². The monoisotopic (exact) mass is 295 g/mol. The van der Waals surface area contributed by atoms with Crippen LogP contribution in [-0.4, -0.2) is 11.6 Å². The van der Waals surface area contributed by atoms with Crippen LogP contribution in [0.1, 0.15) is 42.1 Å². The number of nitrogens with two attached hydrogens (primary N) is 1. The number of anilines is 1. The van der Waals surface area contributed by atoms with Crippen LogP contribution in [0, 0.1) is 0 Å². The van der Waals surface area contributed by atoms with E-state index in [2.05, 4.69) is 17.5 Å². The molecule has 114 valence electrons. The molecule has 0 bridgehead atoms. The van der Waals surface area contributed by atoms with Crippen molar-refractivity contribution in [3.05, 3.63) is 65.7 Å². The van der Waals surface area contributed by atoms with Crippen LogP contribution in [0.5, 0.6) is 0 Å². The molecule has 0 radical (unpaired) electrons. The summed E-state index contributed by atoms with van der Waals surface area (Å²) in [7, 11) is 0. The zero-order valence-corrected chi connectivity index (χ0v) is 12.8. The molecular formula is C18H21N3O. The van der Waals surface area contributed by atoms with E-state index in [4.69, 9.17) is 5.73 Å². The van der Waals surface area contributed by atoms with E-state index in [-0.39, 0.29) is 5.91 Å². The second-order valence-corrected chi connectivity index (χ2v) is 5.09. The first-order chi connectivity index (χ1) is 10.7. The van der Waals surface area contributed by atoms with E-state index in [9.17, 15) is 4.79 Å². The molecule has 4 nitrogen and oxygen atoms in total. The molecule has 2 aromatic rings. The predicted molar refractivity (Wildman–Crippen MR) is 90.8 cm³/mol. The molecule has 0 unspecified atom stereocenters. The number of nitrogen functional groups attached to an aromatic ring is 1. The molecule has 0 fully saturated rings. The van der Waals surface area contributed by atoms with Gasteiger partial charge < -0.3 is 5.73 Å². The van der Waals surface area contributed by atoms with Crippen molar-refractivity contribution in [3.8, 4) is 0 Å². The first-order valence-electron chi connectivity index (χ1n) is 7.48. The Morgan fingerprint density at radius 3 is 2.36 bits per heavy atom. The number of rotatable bonds is 6. The van der Waals surface area contributed by atoms with Crippen molar-refractivity contribution in [1.82, 2.24) is 5.43 Å². The minimum atomic E-state index is -0.232. The van der Waals surface area contributed by atoms with E-state index < -0.39 is 0 Å². The van der Waals surface area contributed by atoms with Crippen LogP contribution in [0.3, 0.4) is 0 Å². The molecule has 0 saturated carbocycles. The molecule has 0 heterocycles. The van der Waals surface area contributed by atoms with Gasteiger partial charge in [-0.15, -0.1) is 0 Å². The quantitative estimate of drug-likeness (QED) is 0.486. The predicted octanol–water partition coefficient (Wildman–Crippen LogP) is 3.59. The van der Waals surface area contributed by atoms with Crippen LogP contribution in [0.25, 0.3) is 0 Å². The zero-order valence-electron chi connectivity index (χ0n) is 12.8. The molecule has 2 aromatic carbocycles. The Kier molecular flexibility index (Phi) is 5.72. The average Bonchev–Trinajstić information content (AvgIpc) is 2.56. The van der Waals surface area contributed by atoms with Gasteiger partial charge >= 0.3 is 0 Å². The van der Waals surface area contributed by atoms with Crippen LogP contribution in [0.2, 0.25) is 0 Å². The Morgan fingerprint density at radius 2 is 1.73 bits per heavy atom. The van der Waals surface area contributed by atoms with Gasteiger partial charge in [-0.3, -0.25) is 4.79 Å². The third-order valence-electron chi connectivity index (χ3n) is 3.34. The highest BCUT2D eigenvalue weighted by molar-refractivity contribution is 6.02. The summed E-state index contributed by atoms with van der Waals surface area (Å²) in [5.41, 5.74) is 11.4. The number of carbonyl (C=O) groups excluding carboxylic acids is 1. The summed E-state index contributed by atoms with van der Waals surface area (Å²) in [6, 6.07) is 16.7. The number of nitrogens with one attached hydrogen (secondary N) is 1. The smallest absolute Gasteiger partial charge is 0.271 e. The summed E-state index contributed by atoms with van der Waals surface area (Å²) >= 11 is 0. The number of carbonyl (C=O) groups is 1. The Bertz CT molecular complexity index is 633. The Morgan fingerprint density at radius 1 is 1.05 bits per heavy atom. The fourth-order valence-corrected chi connectivity index (χ4v) is 2.06. The van der Waals surface area contributed by atoms with Crippen molar-refractivity contribution >= 4 is 17.3 Å². The van der Waals surface area contributed by atoms with Gasteiger partial charge in [0.05, 0.1) is 5.71 Å². The molecule has 22 heavy (non-hydrogen) atoms. The fourth-order valence-electron chi connectivity index (χ4n) is 2.06. The Balaban J connectivity index is 2.12. The molecule has 0 aliphatic rings. The SMILES string of the molecule is CCCC/C(=N/NC(=O)c1ccc(N)cc1)c1ccccc1. The van der Waals surface area contributed by atoms with E-state index in [1.807, 2.05) is 30.3 Å². The van der Waals surface area contributed by atoms with E-state index in [1.165, 1.54) is 0 Å². The highest BCUT2D eigenvalue weighted by atomic mass is 16.2. The maximum absolute atomic E-state index is 12.1. The number of nitrogens with zero attached hydrogens (tertiary/aromatic N) is 1. The number of hydrogen-bond acceptors (Lipinski definition) is 3. The maximum Gasteiger partial charge on any atom is 0.271 e. The lowest BCUT2D eigenvalue weighted by Crippen LogP contribution is -2.20. The highest BCUT2D eigenvalue weighted by Crippen LogP contribution is 2.09. The topological polar surface area (TPSA) is 67.5 Å². The van der Waals surface area contributed by atoms with E-state index in [1.54, 1.807) is 24.3 Å². The Hall–Kier alpha value is -2.62. The highest BCUT2D eigenvalue weighted by Gasteiger charge is 2.06. The van der Waals surface area contributed by atoms with Crippen molar-refractivity contribution in [2.75, 3.05) is 5.73 Å². The van der Waals surface area contributed by atoms with Crippen molar-refractivity contribution in [2.24, 2.45) is 5.10 Å². The lowest BCUT2D eigenvalue weighted by Gasteiger charge is -2.07. The number of hydrazone groups is 1. The van der Waals surface area contributed by atoms with Gasteiger partial charge in [-0.1, -0.05) is 43.7 Å². The largest absolute Gasteiger partial charge is 0.399 e. The molecular weight excluding hydrogens is 274 g/mol. The molecule has 2 rings (SSSR count). The molecule has 0 spiro atoms. The van der Waals surface area contributed by atoms with Crippen molar-refractivity contribution in [1.29, 1.82) is 0 Å². The van der Waals surface area contributed by atoms with Gasteiger partial charge in [-0.25, -0.2) is 5.43 Å². The number of amides is 1. The van der Waals surface area contributed by atoms with Gasteiger partial charge in [0.1, 0.15) is 0 Å². The van der Waals surface area contributed by atoms with Gasteiger partial charge in [-0.2, -0.15) is 5.10 Å². The van der Waals surface area contributed by atoms with Crippen molar-refractivity contribution < 1.29 is 4.79 Å². The third-order valence-corrected chi connectivity index (χ3v) is 3.34. The second kappa shape index (κ2) is 7.98. The van der Waals surface area contributed by atoms with Gasteiger partial charge in [0, 0.05) is 11.3 Å². The molecule has 3 N–H and O–H groups in total. The minimum Gasteiger partial charge on any atom is -0.399 e. The Labute approximate surface area is 131 Å². The van der Waals surface area contributed by atoms with Crippen LogP contribution in [0.4, 0.5) is 5.69 Å². The van der Waals surface area contributed by atoms with E-state index >= 15 is 0 Å². The first kappa shape index (κ1) is 15.8. The van der Waals surface area contributed by atoms with Gasteiger partial charge in [0.25, 0.3) is 5.91 Å². The maximum atomic E-state index is 12.1. The second-order valence-electron chi connectivity index (χ2n) is 5.09. The molecule has 0 aromatic heterocycles. The zero-order chi connectivity index (χ0) is 15.8. The van der Waals surface area contributed by atoms with Crippen LogP contribution >= 0.6 is 0 Å². The molecule has 0 aliphatic heterocycles. The molecule has 0 saturated heterocycles. The average molecular weight is 295 g/mol. The molecule has 0 aliphatic carbocycles. The van der Waals surface area contributed by atoms with Crippen LogP contribution in [-0.2, 0) is 0 Å². The summed E-state index contributed by atoms with van der Waals surface area (Å²) in [5.74, 6) is -0.232. The van der Waals surface area contributed by atoms with Crippen LogP contribution < -0.4 is 11.2 Å². The van der Waals surface area contributed by atoms with Gasteiger partial charge in [0.15, 0.2) is 0 Å². The minimum absolute atomic E-state index is 0.232. The molecule has 1 amide bonds. The lowest BCUT2D eigenvalue weighted by molar-refractivity contribution is 0.0955. The number of benzene rings is 2. The first-order valence-corrected chi connectivity index (χ1v) is 7.48. The van der Waals surface area contributed by atoms with E-state index in [0.29, 0.717) is 11.3 Å². The summed E-state index contributed by atoms with van der Waals surface area (Å²) in [6.45, 7) is 2.13. The van der Waals surface area contributed by atoms with Crippen LogP contribution in [0.15, 0.2) is 59.7 Å². The van der Waals surface area contributed by atoms with Crippen molar-refractivity contribution in [2.45, 2.75) is 26.2 Å². The summed E-state index contributed by atoms with van der Waals surface area (Å²) < 4.78 is 0. The summed E-state index contributed by atoms with van der Waals surface area (Å²) in [4.78, 5) is 12.1. The standard InChI is InChI=1S/C18H21N3O/c1-2-3-9-17(14-7-5-4-6-8-14)20-21-18(22)15-10-12-16(19)13-11-15/h4-8,10-13H,2-3,9,19H2,1H3,(H,21,22)/b20-17-. The molecule has 4 heteroatoms. The number of hydrogen-bond donors (Lipinski definition) is 2. The summed E-state index contributed by atoms with van der Waals surface area (Å²) in [6.07, 6.45) is 2.95. The fraction of sp³-hybridized carbons (Fsp3) is 0.222. The van der Waals surface area contributed by atoms with Crippen molar-refractivity contribution in [3.63, 3.8) is 0 Å². The normalized spacial score (nSPS) is 11.2. The molecule has 0 atom stereocenters. The van der Waals surface area contributed by atoms with Gasteiger partial charge in [-0.05, 0) is 42.7 Å². The lowest BCUT2D eigenvalue weighted by atomic mass is 10.1. The summed E-state index contributed by atoms with van der Waals surface area (Å²) in [5, 5.41) is 4.32. The number of unbranched alkanes of at least 4 members (excludes halogenated alkanes) is 1. The van der Waals surface area contributed by atoms with Gasteiger partial charge in [0.2, 0.25) is 0 Å².